The number of carbonyl (C=O) groups is 3. The molecule has 3 aliphatic rings. The van der Waals surface area contributed by atoms with Crippen molar-refractivity contribution in [1.82, 2.24) is 0 Å². The predicted molar refractivity (Wildman–Crippen MR) is 105 cm³/mol. The highest BCUT2D eigenvalue weighted by Crippen LogP contribution is 2.66. The van der Waals surface area contributed by atoms with Crippen LogP contribution in [0.4, 0.5) is 22.0 Å². The molecule has 3 fully saturated rings. The lowest BCUT2D eigenvalue weighted by Crippen LogP contribution is -2.53. The number of alkyl halides is 5. The van der Waals surface area contributed by atoms with Gasteiger partial charge in [0.1, 0.15) is 23.4 Å². The van der Waals surface area contributed by atoms with E-state index in [0.29, 0.717) is 13.3 Å². The Morgan fingerprint density at radius 2 is 1.56 bits per heavy atom. The van der Waals surface area contributed by atoms with E-state index in [-0.39, 0.29) is 29.9 Å². The van der Waals surface area contributed by atoms with Crippen LogP contribution in [0.2, 0.25) is 0 Å². The van der Waals surface area contributed by atoms with Crippen LogP contribution in [0.25, 0.3) is 0 Å². The molecular weight excluding hydrogens is 483 g/mol. The Balaban J connectivity index is 1.76. The van der Waals surface area contributed by atoms with Gasteiger partial charge in [-0.05, 0) is 31.1 Å². The van der Waals surface area contributed by atoms with Crippen molar-refractivity contribution >= 4 is 41.4 Å². The molecule has 2 saturated carbocycles. The zero-order chi connectivity index (χ0) is 23.9. The molecule has 0 radical (unpaired) electrons. The smallest absolute Gasteiger partial charge is 0.465 e. The van der Waals surface area contributed by atoms with Crippen LogP contribution in [0, 0.1) is 17.3 Å². The fourth-order valence-electron chi connectivity index (χ4n) is 4.39. The molecule has 1 spiro atoms. The Morgan fingerprint density at radius 1 is 0.969 bits per heavy atom. The fraction of sp³-hybridized carbons (Fsp3) is 0.842. The van der Waals surface area contributed by atoms with Gasteiger partial charge in [0.05, 0.1) is 5.41 Å². The molecule has 0 aromatic carbocycles. The summed E-state index contributed by atoms with van der Waals surface area (Å²) in [6.07, 6.45) is -3.66. The molecule has 0 aromatic rings. The van der Waals surface area contributed by atoms with Crippen molar-refractivity contribution < 1.29 is 50.5 Å². The van der Waals surface area contributed by atoms with Crippen molar-refractivity contribution in [2.75, 3.05) is 24.7 Å². The summed E-state index contributed by atoms with van der Waals surface area (Å²) in [5.74, 6) is -7.95. The summed E-state index contributed by atoms with van der Waals surface area (Å²) in [6, 6.07) is 0. The van der Waals surface area contributed by atoms with Crippen LogP contribution < -0.4 is 0 Å². The summed E-state index contributed by atoms with van der Waals surface area (Å²) >= 11 is 2.58. The van der Waals surface area contributed by atoms with Crippen molar-refractivity contribution in [3.8, 4) is 0 Å². The second-order valence-corrected chi connectivity index (χ2v) is 11.4. The number of hydrogen-bond donors (Lipinski definition) is 0. The SMILES string of the molecule is CC(=O)OCC1(COC(=O)C(F)(F)F)CSC2(SC1)C1CCC(C1)C2OC(=O)C(C)(F)F. The molecule has 6 nitrogen and oxygen atoms in total. The van der Waals surface area contributed by atoms with E-state index in [1.807, 2.05) is 0 Å². The van der Waals surface area contributed by atoms with Crippen LogP contribution in [0.1, 0.15) is 33.1 Å². The summed E-state index contributed by atoms with van der Waals surface area (Å²) in [6.45, 7) is 0.723. The summed E-state index contributed by atoms with van der Waals surface area (Å²) < 4.78 is 78.7. The van der Waals surface area contributed by atoms with E-state index in [4.69, 9.17) is 9.47 Å². The third-order valence-corrected chi connectivity index (χ3v) is 10.2. The molecule has 32 heavy (non-hydrogen) atoms. The van der Waals surface area contributed by atoms with Gasteiger partial charge in [-0.15, -0.1) is 23.5 Å². The van der Waals surface area contributed by atoms with Gasteiger partial charge in [0.15, 0.2) is 0 Å². The highest BCUT2D eigenvalue weighted by atomic mass is 32.2. The van der Waals surface area contributed by atoms with E-state index in [1.165, 1.54) is 23.5 Å². The molecule has 2 aliphatic carbocycles. The summed E-state index contributed by atoms with van der Waals surface area (Å²) in [4.78, 5) is 34.4. The molecule has 182 valence electrons. The maximum Gasteiger partial charge on any atom is 0.490 e. The lowest BCUT2D eigenvalue weighted by atomic mass is 9.94. The average molecular weight is 507 g/mol. The molecule has 3 rings (SSSR count). The fourth-order valence-corrected chi connectivity index (χ4v) is 8.52. The monoisotopic (exact) mass is 506 g/mol. The number of esters is 3. The van der Waals surface area contributed by atoms with Gasteiger partial charge in [0.25, 0.3) is 0 Å². The van der Waals surface area contributed by atoms with Gasteiger partial charge in [0, 0.05) is 25.4 Å². The summed E-state index contributed by atoms with van der Waals surface area (Å²) in [5.41, 5.74) is -1.10. The number of halogens is 5. The van der Waals surface area contributed by atoms with E-state index < -0.39 is 52.2 Å². The van der Waals surface area contributed by atoms with E-state index in [9.17, 15) is 36.3 Å². The maximum absolute atomic E-state index is 13.5. The second-order valence-electron chi connectivity index (χ2n) is 8.64. The first-order chi connectivity index (χ1) is 14.7. The number of thioether (sulfide) groups is 2. The topological polar surface area (TPSA) is 78.9 Å². The highest BCUT2D eigenvalue weighted by molar-refractivity contribution is 8.19. The molecule has 13 heteroatoms. The number of ether oxygens (including phenoxy) is 3. The molecule has 1 heterocycles. The van der Waals surface area contributed by atoms with Crippen molar-refractivity contribution in [3.63, 3.8) is 0 Å². The summed E-state index contributed by atoms with van der Waals surface area (Å²) in [7, 11) is 0. The first-order valence-corrected chi connectivity index (χ1v) is 11.9. The number of rotatable bonds is 6. The van der Waals surface area contributed by atoms with E-state index in [2.05, 4.69) is 4.74 Å². The lowest BCUT2D eigenvalue weighted by Gasteiger charge is -2.49. The molecule has 0 N–H and O–H groups in total. The van der Waals surface area contributed by atoms with Crippen molar-refractivity contribution in [2.24, 2.45) is 17.3 Å². The quantitative estimate of drug-likeness (QED) is 0.306. The zero-order valence-electron chi connectivity index (χ0n) is 17.3. The molecule has 1 aliphatic heterocycles. The van der Waals surface area contributed by atoms with Gasteiger partial charge in [-0.25, -0.2) is 9.59 Å². The average Bonchev–Trinajstić information content (AvgIpc) is 3.27. The van der Waals surface area contributed by atoms with Gasteiger partial charge in [-0.1, -0.05) is 0 Å². The Bertz CT molecular complexity index is 760. The Hall–Kier alpha value is -1.24. The third kappa shape index (κ3) is 5.13. The molecule has 0 amide bonds. The molecule has 3 unspecified atom stereocenters. The number of hydrogen-bond acceptors (Lipinski definition) is 8. The third-order valence-electron chi connectivity index (χ3n) is 5.99. The van der Waals surface area contributed by atoms with Gasteiger partial charge >= 0.3 is 30.0 Å². The van der Waals surface area contributed by atoms with Crippen molar-refractivity contribution in [1.29, 1.82) is 0 Å². The molecule has 1 saturated heterocycles. The summed E-state index contributed by atoms with van der Waals surface area (Å²) in [5, 5.41) is 0. The van der Waals surface area contributed by atoms with Crippen LogP contribution >= 0.6 is 23.5 Å². The largest absolute Gasteiger partial charge is 0.490 e. The highest BCUT2D eigenvalue weighted by Gasteiger charge is 2.64. The molecule has 2 bridgehead atoms. The Morgan fingerprint density at radius 3 is 2.09 bits per heavy atom. The second kappa shape index (κ2) is 8.84. The number of fused-ring (bicyclic) bond motifs is 3. The van der Waals surface area contributed by atoms with Crippen LogP contribution in [-0.4, -0.2) is 64.9 Å². The minimum absolute atomic E-state index is 0.0738. The van der Waals surface area contributed by atoms with Crippen LogP contribution in [0.5, 0.6) is 0 Å². The normalized spacial score (nSPS) is 34.4. The van der Waals surface area contributed by atoms with Gasteiger partial charge in [-0.2, -0.15) is 22.0 Å². The Labute approximate surface area is 189 Å². The predicted octanol–water partition coefficient (Wildman–Crippen LogP) is 3.81. The molecule has 0 aromatic heterocycles. The van der Waals surface area contributed by atoms with Gasteiger partial charge in [-0.3, -0.25) is 4.79 Å². The van der Waals surface area contributed by atoms with Crippen LogP contribution in [-0.2, 0) is 28.6 Å². The number of carbonyl (C=O) groups excluding carboxylic acids is 3. The standard InChI is InChI=1S/C19H23F5O6S2/c1-10(25)28-6-17(7-29-15(27)19(22,23)24)8-31-18(32-9-17)12-4-3-11(5-12)13(18)30-14(26)16(2,20)21/h11-13H,3-9H2,1-2H3. The van der Waals surface area contributed by atoms with Crippen LogP contribution in [0.15, 0.2) is 0 Å². The van der Waals surface area contributed by atoms with E-state index >= 15 is 0 Å². The maximum atomic E-state index is 13.5. The Kier molecular flexibility index (Phi) is 7.01. The minimum atomic E-state index is -5.16. The first-order valence-electron chi connectivity index (χ1n) is 9.93. The van der Waals surface area contributed by atoms with Crippen LogP contribution in [0.3, 0.4) is 0 Å². The molecular formula is C19H23F5O6S2. The van der Waals surface area contributed by atoms with Gasteiger partial charge in [0.2, 0.25) is 0 Å². The minimum Gasteiger partial charge on any atom is -0.465 e. The van der Waals surface area contributed by atoms with Crippen molar-refractivity contribution in [2.45, 2.75) is 55.4 Å². The lowest BCUT2D eigenvalue weighted by molar-refractivity contribution is -0.202. The molecule has 3 atom stereocenters. The van der Waals surface area contributed by atoms with E-state index in [1.54, 1.807) is 0 Å². The first kappa shape index (κ1) is 25.4. The zero-order valence-corrected chi connectivity index (χ0v) is 19.0. The van der Waals surface area contributed by atoms with Gasteiger partial charge < -0.3 is 14.2 Å². The van der Waals surface area contributed by atoms with Crippen molar-refractivity contribution in [3.05, 3.63) is 0 Å². The van der Waals surface area contributed by atoms with E-state index in [0.717, 1.165) is 19.8 Å².